The number of nitrogens with zero attached hydrogens (tertiary/aromatic N) is 4. The number of ether oxygens (including phenoxy) is 1. The molecule has 3 aromatic rings. The summed E-state index contributed by atoms with van der Waals surface area (Å²) in [5, 5.41) is 12.2. The van der Waals surface area contributed by atoms with Gasteiger partial charge in [0.1, 0.15) is 5.75 Å². The summed E-state index contributed by atoms with van der Waals surface area (Å²) in [7, 11) is 1.69. The van der Waals surface area contributed by atoms with E-state index in [9.17, 15) is 4.79 Å². The molecule has 0 spiro atoms. The first-order valence-electron chi connectivity index (χ1n) is 12.3. The molecule has 35 heavy (non-hydrogen) atoms. The topological polar surface area (TPSA) is 83.2 Å². The van der Waals surface area contributed by atoms with Crippen molar-refractivity contribution in [3.63, 3.8) is 0 Å². The molecule has 1 aliphatic rings. The van der Waals surface area contributed by atoms with Crippen LogP contribution < -0.4 is 10.1 Å². The fourth-order valence-corrected chi connectivity index (χ4v) is 4.61. The van der Waals surface area contributed by atoms with E-state index in [1.807, 2.05) is 42.9 Å². The number of hydrogen-bond acceptors (Lipinski definition) is 5. The van der Waals surface area contributed by atoms with Crippen molar-refractivity contribution < 1.29 is 9.53 Å². The predicted octanol–water partition coefficient (Wildman–Crippen LogP) is 3.70. The SMILES string of the molecule is CCCCN1Cc2cc(OC)ccc2CC1C(=O)NCCc1cncn1Cc1ccc(C#N)cc1. The van der Waals surface area contributed by atoms with Crippen molar-refractivity contribution >= 4 is 5.91 Å². The zero-order valence-corrected chi connectivity index (χ0v) is 20.5. The Morgan fingerprint density at radius 2 is 2.06 bits per heavy atom. The highest BCUT2D eigenvalue weighted by Gasteiger charge is 2.31. The predicted molar refractivity (Wildman–Crippen MR) is 135 cm³/mol. The quantitative estimate of drug-likeness (QED) is 0.488. The van der Waals surface area contributed by atoms with Gasteiger partial charge >= 0.3 is 0 Å². The van der Waals surface area contributed by atoms with Crippen molar-refractivity contribution in [2.45, 2.75) is 51.7 Å². The summed E-state index contributed by atoms with van der Waals surface area (Å²) in [6, 6.07) is 15.7. The van der Waals surface area contributed by atoms with Gasteiger partial charge in [-0.2, -0.15) is 5.26 Å². The highest BCUT2D eigenvalue weighted by atomic mass is 16.5. The Hall–Kier alpha value is -3.63. The highest BCUT2D eigenvalue weighted by Crippen LogP contribution is 2.27. The molecule has 4 rings (SSSR count). The fourth-order valence-electron chi connectivity index (χ4n) is 4.61. The summed E-state index contributed by atoms with van der Waals surface area (Å²) >= 11 is 0. The molecule has 7 heteroatoms. The minimum atomic E-state index is -0.161. The molecule has 0 radical (unpaired) electrons. The van der Waals surface area contributed by atoms with Crippen LogP contribution in [0.25, 0.3) is 0 Å². The third kappa shape index (κ3) is 6.09. The lowest BCUT2D eigenvalue weighted by Crippen LogP contribution is -2.50. The van der Waals surface area contributed by atoms with E-state index in [0.29, 0.717) is 31.5 Å². The van der Waals surface area contributed by atoms with Gasteiger partial charge in [-0.3, -0.25) is 9.69 Å². The highest BCUT2D eigenvalue weighted by molar-refractivity contribution is 5.82. The Bertz CT molecular complexity index is 1180. The van der Waals surface area contributed by atoms with E-state index in [0.717, 1.165) is 42.9 Å². The second-order valence-corrected chi connectivity index (χ2v) is 9.04. The molecule has 1 unspecified atom stereocenters. The summed E-state index contributed by atoms with van der Waals surface area (Å²) in [6.07, 6.45) is 7.25. The number of hydrogen-bond donors (Lipinski definition) is 1. The molecule has 182 valence electrons. The molecular weight excluding hydrogens is 438 g/mol. The minimum absolute atomic E-state index is 0.0840. The first-order valence-corrected chi connectivity index (χ1v) is 12.3. The van der Waals surface area contributed by atoms with Crippen LogP contribution >= 0.6 is 0 Å². The Labute approximate surface area is 207 Å². The number of nitrogens with one attached hydrogen (secondary N) is 1. The molecule has 7 nitrogen and oxygen atoms in total. The number of amides is 1. The summed E-state index contributed by atoms with van der Waals surface area (Å²) in [6.45, 7) is 5.09. The first kappa shape index (κ1) is 24.5. The van der Waals surface area contributed by atoms with Gasteiger partial charge in [0, 0.05) is 37.9 Å². The summed E-state index contributed by atoms with van der Waals surface area (Å²) < 4.78 is 7.49. The van der Waals surface area contributed by atoms with Crippen LogP contribution in [0.2, 0.25) is 0 Å². The Morgan fingerprint density at radius 1 is 1.23 bits per heavy atom. The molecule has 2 aromatic carbocycles. The van der Waals surface area contributed by atoms with Crippen LogP contribution in [-0.2, 0) is 30.7 Å². The van der Waals surface area contributed by atoms with Gasteiger partial charge < -0.3 is 14.6 Å². The maximum Gasteiger partial charge on any atom is 0.237 e. The Morgan fingerprint density at radius 3 is 2.80 bits per heavy atom. The number of rotatable bonds is 10. The van der Waals surface area contributed by atoms with Crippen molar-refractivity contribution in [2.75, 3.05) is 20.2 Å². The number of benzene rings is 2. The number of carbonyl (C=O) groups excluding carboxylic acids is 1. The monoisotopic (exact) mass is 471 g/mol. The standard InChI is InChI=1S/C28H33N5O2/c1-3-4-13-32-19-24-14-26(35-2)10-9-23(24)15-27(32)28(34)31-12-11-25-17-30-20-33(25)18-22-7-5-21(16-29)6-8-22/h5-10,14,17,20,27H,3-4,11-13,15,18-19H2,1-2H3,(H,31,34). The molecule has 0 aliphatic carbocycles. The Balaban J connectivity index is 1.36. The van der Waals surface area contributed by atoms with Crippen LogP contribution in [0.15, 0.2) is 55.0 Å². The normalized spacial score (nSPS) is 15.3. The number of imidazole rings is 1. The third-order valence-electron chi connectivity index (χ3n) is 6.66. The maximum atomic E-state index is 13.2. The van der Waals surface area contributed by atoms with Crippen LogP contribution in [0.3, 0.4) is 0 Å². The number of carbonyl (C=O) groups is 1. The van der Waals surface area contributed by atoms with Gasteiger partial charge in [0.05, 0.1) is 31.1 Å². The third-order valence-corrected chi connectivity index (χ3v) is 6.66. The zero-order chi connectivity index (χ0) is 24.6. The van der Waals surface area contributed by atoms with Gasteiger partial charge in [-0.25, -0.2) is 4.98 Å². The second kappa shape index (κ2) is 11.7. The number of methoxy groups -OCH3 is 1. The van der Waals surface area contributed by atoms with Crippen LogP contribution in [0.1, 0.15) is 47.7 Å². The van der Waals surface area contributed by atoms with Crippen molar-refractivity contribution in [1.29, 1.82) is 5.26 Å². The molecule has 1 aromatic heterocycles. The first-order chi connectivity index (χ1) is 17.1. The molecule has 0 fully saturated rings. The lowest BCUT2D eigenvalue weighted by Gasteiger charge is -2.36. The molecule has 2 heterocycles. The number of unbranched alkanes of at least 4 members (excludes halogenated alkanes) is 1. The van der Waals surface area contributed by atoms with Gasteiger partial charge in [0.15, 0.2) is 0 Å². The van der Waals surface area contributed by atoms with E-state index in [4.69, 9.17) is 10.00 Å². The summed E-state index contributed by atoms with van der Waals surface area (Å²) in [5.41, 5.74) is 5.30. The van der Waals surface area contributed by atoms with Crippen LogP contribution in [-0.4, -0.2) is 46.6 Å². The molecule has 0 saturated carbocycles. The van der Waals surface area contributed by atoms with Crippen LogP contribution in [0, 0.1) is 11.3 Å². The van der Waals surface area contributed by atoms with E-state index >= 15 is 0 Å². The van der Waals surface area contributed by atoms with Crippen molar-refractivity contribution in [1.82, 2.24) is 19.8 Å². The molecular formula is C28H33N5O2. The van der Waals surface area contributed by atoms with E-state index in [1.54, 1.807) is 7.11 Å². The largest absolute Gasteiger partial charge is 0.497 e. The smallest absolute Gasteiger partial charge is 0.237 e. The molecule has 1 atom stereocenters. The Kier molecular flexibility index (Phi) is 8.17. The van der Waals surface area contributed by atoms with E-state index in [-0.39, 0.29) is 11.9 Å². The number of aromatic nitrogens is 2. The maximum absolute atomic E-state index is 13.2. The number of nitriles is 1. The van der Waals surface area contributed by atoms with Gasteiger partial charge in [-0.15, -0.1) is 0 Å². The minimum Gasteiger partial charge on any atom is -0.497 e. The van der Waals surface area contributed by atoms with Gasteiger partial charge in [0.25, 0.3) is 0 Å². The van der Waals surface area contributed by atoms with Crippen molar-refractivity contribution in [3.8, 4) is 11.8 Å². The van der Waals surface area contributed by atoms with E-state index < -0.39 is 0 Å². The van der Waals surface area contributed by atoms with Crippen molar-refractivity contribution in [3.05, 3.63) is 82.9 Å². The zero-order valence-electron chi connectivity index (χ0n) is 20.5. The van der Waals surface area contributed by atoms with E-state index in [1.165, 1.54) is 11.1 Å². The lowest BCUT2D eigenvalue weighted by molar-refractivity contribution is -0.127. The summed E-state index contributed by atoms with van der Waals surface area (Å²) in [5.74, 6) is 0.945. The summed E-state index contributed by atoms with van der Waals surface area (Å²) in [4.78, 5) is 19.8. The second-order valence-electron chi connectivity index (χ2n) is 9.04. The fraction of sp³-hybridized carbons (Fsp3) is 0.393. The molecule has 1 amide bonds. The van der Waals surface area contributed by atoms with Crippen LogP contribution in [0.5, 0.6) is 5.75 Å². The molecule has 1 aliphatic heterocycles. The van der Waals surface area contributed by atoms with Gasteiger partial charge in [-0.1, -0.05) is 31.5 Å². The van der Waals surface area contributed by atoms with E-state index in [2.05, 4.69) is 44.9 Å². The number of fused-ring (bicyclic) bond motifs is 1. The van der Waals surface area contributed by atoms with Crippen LogP contribution in [0.4, 0.5) is 0 Å². The average Bonchev–Trinajstić information content (AvgIpc) is 3.33. The van der Waals surface area contributed by atoms with Gasteiger partial charge in [-0.05, 0) is 60.3 Å². The molecule has 0 bridgehead atoms. The van der Waals surface area contributed by atoms with Crippen molar-refractivity contribution in [2.24, 2.45) is 0 Å². The lowest BCUT2D eigenvalue weighted by atomic mass is 9.93. The van der Waals surface area contributed by atoms with Gasteiger partial charge in [0.2, 0.25) is 5.91 Å². The molecule has 0 saturated heterocycles. The average molecular weight is 472 g/mol. The molecule has 1 N–H and O–H groups in total.